The summed E-state index contributed by atoms with van der Waals surface area (Å²) in [7, 11) is 0. The molecule has 31 heavy (non-hydrogen) atoms. The van der Waals surface area contributed by atoms with Crippen molar-refractivity contribution in [2.45, 2.75) is 72.4 Å². The van der Waals surface area contributed by atoms with E-state index in [1.165, 1.54) is 0 Å². The number of hydrogen-bond donors (Lipinski definition) is 1. The summed E-state index contributed by atoms with van der Waals surface area (Å²) in [5.74, 6) is -0.448. The fourth-order valence-electron chi connectivity index (χ4n) is 2.96. The van der Waals surface area contributed by atoms with Crippen molar-refractivity contribution in [1.82, 2.24) is 0 Å². The first-order valence-electron chi connectivity index (χ1n) is 10.4. The van der Waals surface area contributed by atoms with Crippen molar-refractivity contribution in [2.24, 2.45) is 0 Å². The number of halogens is 2. The van der Waals surface area contributed by atoms with Crippen molar-refractivity contribution in [3.63, 3.8) is 0 Å². The van der Waals surface area contributed by atoms with Crippen molar-refractivity contribution in [2.75, 3.05) is 13.3 Å². The third-order valence-electron chi connectivity index (χ3n) is 4.82. The van der Waals surface area contributed by atoms with Crippen LogP contribution in [0, 0.1) is 0 Å². The van der Waals surface area contributed by atoms with Crippen LogP contribution < -0.4 is 4.74 Å². The number of aliphatic carboxylic acids is 1. The third-order valence-corrected chi connectivity index (χ3v) is 4.82. The fourth-order valence-corrected chi connectivity index (χ4v) is 2.96. The summed E-state index contributed by atoms with van der Waals surface area (Å²) in [6, 6.07) is 4.12. The maximum Gasteiger partial charge on any atom is 0.328 e. The molecule has 0 aliphatic carbocycles. The average molecular weight is 435 g/mol. The molecular formula is C26H36F2O3. The minimum absolute atomic E-state index is 0.119. The van der Waals surface area contributed by atoms with E-state index < -0.39 is 18.8 Å². The summed E-state index contributed by atoms with van der Waals surface area (Å²) in [6.07, 6.45) is 4.79. The predicted molar refractivity (Wildman–Crippen MR) is 124 cm³/mol. The van der Waals surface area contributed by atoms with Gasteiger partial charge in [-0.1, -0.05) is 65.8 Å². The molecular weight excluding hydrogens is 398 g/mol. The van der Waals surface area contributed by atoms with E-state index in [0.29, 0.717) is 11.3 Å². The number of ether oxygens (including phenoxy) is 1. The Labute approximate surface area is 185 Å². The molecule has 0 amide bonds. The molecule has 1 atom stereocenters. The van der Waals surface area contributed by atoms with Crippen LogP contribution in [0.25, 0.3) is 5.57 Å². The molecule has 0 heterocycles. The van der Waals surface area contributed by atoms with Crippen LogP contribution in [0.15, 0.2) is 42.0 Å². The first kappa shape index (κ1) is 26.6. The Morgan fingerprint density at radius 3 is 2.23 bits per heavy atom. The van der Waals surface area contributed by atoms with Gasteiger partial charge < -0.3 is 9.84 Å². The van der Waals surface area contributed by atoms with E-state index >= 15 is 0 Å². The van der Waals surface area contributed by atoms with Crippen molar-refractivity contribution in [3.05, 3.63) is 58.7 Å². The van der Waals surface area contributed by atoms with Gasteiger partial charge in [0, 0.05) is 17.2 Å². The van der Waals surface area contributed by atoms with Gasteiger partial charge in [0.05, 0.1) is 0 Å². The number of benzene rings is 1. The standard InChI is InChI=1S/C26H36F2O3/c1-17(12-23(29)30)10-9-11-18(2)21-13-19(25(3,4)5)14-22(26(6,7)8)24(21)31-16-20(28)15-27/h9-14,20H,15-16H2,1-8H3,(H,29,30). The maximum absolute atomic E-state index is 13.7. The number of carbonyl (C=O) groups is 1. The Kier molecular flexibility index (Phi) is 9.22. The van der Waals surface area contributed by atoms with Gasteiger partial charge in [0.15, 0.2) is 6.17 Å². The van der Waals surface area contributed by atoms with Crippen LogP contribution in [0.3, 0.4) is 0 Å². The molecule has 3 nitrogen and oxygen atoms in total. The maximum atomic E-state index is 13.7. The Morgan fingerprint density at radius 1 is 1.13 bits per heavy atom. The van der Waals surface area contributed by atoms with Crippen LogP contribution in [-0.4, -0.2) is 30.5 Å². The summed E-state index contributed by atoms with van der Waals surface area (Å²) in [4.78, 5) is 10.8. The molecule has 1 unspecified atom stereocenters. The normalized spacial score (nSPS) is 14.8. The lowest BCUT2D eigenvalue weighted by molar-refractivity contribution is -0.131. The molecule has 1 rings (SSSR count). The first-order chi connectivity index (χ1) is 14.2. The Hall–Kier alpha value is -2.43. The van der Waals surface area contributed by atoms with Crippen LogP contribution in [0.2, 0.25) is 0 Å². The second-order valence-corrected chi connectivity index (χ2v) is 9.90. The van der Waals surface area contributed by atoms with Crippen LogP contribution in [0.1, 0.15) is 72.1 Å². The third kappa shape index (κ3) is 8.31. The molecule has 0 saturated heterocycles. The Bertz CT molecular complexity index is 866. The molecule has 0 spiro atoms. The SMILES string of the molecule is CC(C=CC=C(C)c1cc(C(C)(C)C)cc(C(C)(C)C)c1OCC(F)CF)=CC(=O)O. The monoisotopic (exact) mass is 434 g/mol. The minimum Gasteiger partial charge on any atom is -0.490 e. The van der Waals surface area contributed by atoms with Crippen LogP contribution in [-0.2, 0) is 15.6 Å². The fraction of sp³-hybridized carbons (Fsp3) is 0.500. The second-order valence-electron chi connectivity index (χ2n) is 9.90. The lowest BCUT2D eigenvalue weighted by atomic mass is 9.78. The van der Waals surface area contributed by atoms with Crippen molar-refractivity contribution in [3.8, 4) is 5.75 Å². The zero-order chi connectivity index (χ0) is 24.0. The van der Waals surface area contributed by atoms with Gasteiger partial charge >= 0.3 is 5.97 Å². The quantitative estimate of drug-likeness (QED) is 0.355. The molecule has 1 N–H and O–H groups in total. The summed E-state index contributed by atoms with van der Waals surface area (Å²) < 4.78 is 32.2. The molecule has 172 valence electrons. The van der Waals surface area contributed by atoms with Gasteiger partial charge in [0.2, 0.25) is 0 Å². The predicted octanol–water partition coefficient (Wildman–Crippen LogP) is 6.96. The first-order valence-corrected chi connectivity index (χ1v) is 10.4. The molecule has 0 bridgehead atoms. The molecule has 0 aliphatic rings. The van der Waals surface area contributed by atoms with Crippen molar-refractivity contribution < 1.29 is 23.4 Å². The van der Waals surface area contributed by atoms with Gasteiger partial charge in [-0.05, 0) is 47.5 Å². The number of allylic oxidation sites excluding steroid dienone is 5. The van der Waals surface area contributed by atoms with Gasteiger partial charge in [0.1, 0.15) is 19.0 Å². The van der Waals surface area contributed by atoms with E-state index in [4.69, 9.17) is 9.84 Å². The molecule has 0 aliphatic heterocycles. The smallest absolute Gasteiger partial charge is 0.328 e. The van der Waals surface area contributed by atoms with Gasteiger partial charge in [-0.2, -0.15) is 0 Å². The van der Waals surface area contributed by atoms with E-state index in [1.54, 1.807) is 19.1 Å². The number of alkyl halides is 2. The summed E-state index contributed by atoms with van der Waals surface area (Å²) in [5, 5.41) is 8.84. The van der Waals surface area contributed by atoms with E-state index in [-0.39, 0.29) is 17.4 Å². The molecule has 1 aromatic rings. The van der Waals surface area contributed by atoms with Gasteiger partial charge in [-0.25, -0.2) is 13.6 Å². The Balaban J connectivity index is 3.63. The molecule has 0 aromatic heterocycles. The highest BCUT2D eigenvalue weighted by Gasteiger charge is 2.27. The zero-order valence-electron chi connectivity index (χ0n) is 20.0. The van der Waals surface area contributed by atoms with Gasteiger partial charge in [-0.3, -0.25) is 0 Å². The highest BCUT2D eigenvalue weighted by Crippen LogP contribution is 2.41. The summed E-state index contributed by atoms with van der Waals surface area (Å²) in [6.45, 7) is 14.7. The number of carboxylic acid groups (broad SMARTS) is 1. The minimum atomic E-state index is -1.68. The number of carboxylic acids is 1. The zero-order valence-corrected chi connectivity index (χ0v) is 20.0. The molecule has 1 aromatic carbocycles. The van der Waals surface area contributed by atoms with E-state index in [0.717, 1.165) is 28.3 Å². The van der Waals surface area contributed by atoms with Gasteiger partial charge in [-0.15, -0.1) is 0 Å². The van der Waals surface area contributed by atoms with Crippen LogP contribution in [0.5, 0.6) is 5.75 Å². The lowest BCUT2D eigenvalue weighted by Crippen LogP contribution is -2.21. The highest BCUT2D eigenvalue weighted by molar-refractivity contribution is 5.81. The molecule has 0 radical (unpaired) electrons. The average Bonchev–Trinajstić information content (AvgIpc) is 2.63. The molecule has 0 fully saturated rings. The topological polar surface area (TPSA) is 46.5 Å². The second kappa shape index (κ2) is 10.7. The van der Waals surface area contributed by atoms with Crippen molar-refractivity contribution in [1.29, 1.82) is 0 Å². The van der Waals surface area contributed by atoms with Gasteiger partial charge in [0.25, 0.3) is 0 Å². The largest absolute Gasteiger partial charge is 0.490 e. The van der Waals surface area contributed by atoms with E-state index in [2.05, 4.69) is 47.6 Å². The summed E-state index contributed by atoms with van der Waals surface area (Å²) in [5.41, 5.74) is 3.94. The highest BCUT2D eigenvalue weighted by atomic mass is 19.2. The molecule has 0 saturated carbocycles. The Morgan fingerprint density at radius 2 is 1.74 bits per heavy atom. The van der Waals surface area contributed by atoms with Crippen LogP contribution in [0.4, 0.5) is 8.78 Å². The van der Waals surface area contributed by atoms with Crippen molar-refractivity contribution >= 4 is 11.5 Å². The van der Waals surface area contributed by atoms with E-state index in [9.17, 15) is 13.6 Å². The van der Waals surface area contributed by atoms with E-state index in [1.807, 2.05) is 19.1 Å². The molecule has 5 heteroatoms. The summed E-state index contributed by atoms with van der Waals surface area (Å²) >= 11 is 0. The number of hydrogen-bond acceptors (Lipinski definition) is 2. The lowest BCUT2D eigenvalue weighted by Gasteiger charge is -2.30. The number of rotatable bonds is 8. The van der Waals surface area contributed by atoms with Crippen LogP contribution >= 0.6 is 0 Å².